The lowest BCUT2D eigenvalue weighted by molar-refractivity contribution is 0.428. The van der Waals surface area contributed by atoms with Gasteiger partial charge in [0, 0.05) is 25.2 Å². The fourth-order valence-corrected chi connectivity index (χ4v) is 2.95. The maximum atomic E-state index is 12.2. The van der Waals surface area contributed by atoms with Crippen molar-refractivity contribution in [1.29, 1.82) is 0 Å². The molecule has 0 aliphatic carbocycles. The second kappa shape index (κ2) is 6.59. The first-order valence-corrected chi connectivity index (χ1v) is 7.70. The van der Waals surface area contributed by atoms with Gasteiger partial charge in [0.25, 0.3) is 5.56 Å². The third-order valence-corrected chi connectivity index (χ3v) is 4.27. The molecule has 1 fully saturated rings. The van der Waals surface area contributed by atoms with Crippen molar-refractivity contribution >= 4 is 17.3 Å². The van der Waals surface area contributed by atoms with Crippen molar-refractivity contribution in [2.75, 3.05) is 11.4 Å². The molecule has 20 heavy (non-hydrogen) atoms. The Kier molecular flexibility index (Phi) is 5.05. The van der Waals surface area contributed by atoms with Crippen LogP contribution in [0.2, 0.25) is 5.02 Å². The van der Waals surface area contributed by atoms with E-state index in [1.807, 2.05) is 0 Å². The van der Waals surface area contributed by atoms with E-state index < -0.39 is 0 Å². The van der Waals surface area contributed by atoms with E-state index in [0.717, 1.165) is 37.9 Å². The van der Waals surface area contributed by atoms with Crippen LogP contribution in [0.4, 0.5) is 5.69 Å². The van der Waals surface area contributed by atoms with Gasteiger partial charge in [0.15, 0.2) is 0 Å². The Balaban J connectivity index is 2.25. The summed E-state index contributed by atoms with van der Waals surface area (Å²) in [5, 5.41) is 4.53. The summed E-state index contributed by atoms with van der Waals surface area (Å²) in [6, 6.07) is 0.516. The van der Waals surface area contributed by atoms with Gasteiger partial charge in [0.1, 0.15) is 5.02 Å². The molecule has 2 N–H and O–H groups in total. The second-order valence-electron chi connectivity index (χ2n) is 5.55. The molecule has 2 unspecified atom stereocenters. The largest absolute Gasteiger partial charge is 0.366 e. The van der Waals surface area contributed by atoms with E-state index in [4.69, 9.17) is 17.3 Å². The number of halogens is 1. The van der Waals surface area contributed by atoms with Crippen molar-refractivity contribution in [3.8, 4) is 0 Å². The summed E-state index contributed by atoms with van der Waals surface area (Å²) in [5.74, 6) is 0. The lowest BCUT2D eigenvalue weighted by Gasteiger charge is -2.38. The average Bonchev–Trinajstić information content (AvgIpc) is 2.41. The van der Waals surface area contributed by atoms with Crippen LogP contribution in [-0.2, 0) is 6.54 Å². The van der Waals surface area contributed by atoms with Gasteiger partial charge >= 0.3 is 0 Å². The molecule has 2 rings (SSSR count). The quantitative estimate of drug-likeness (QED) is 0.923. The Morgan fingerprint density at radius 1 is 1.55 bits per heavy atom. The molecule has 1 saturated heterocycles. The van der Waals surface area contributed by atoms with Gasteiger partial charge in [-0.15, -0.1) is 0 Å². The number of nitrogens with zero attached hydrogens (tertiary/aromatic N) is 3. The van der Waals surface area contributed by atoms with E-state index in [9.17, 15) is 4.79 Å². The molecular formula is C14H23ClN4O. The maximum absolute atomic E-state index is 12.2. The third-order valence-electron chi connectivity index (χ3n) is 3.92. The summed E-state index contributed by atoms with van der Waals surface area (Å²) < 4.78 is 1.45. The molecule has 0 radical (unpaired) electrons. The van der Waals surface area contributed by atoms with Gasteiger partial charge in [0.05, 0.1) is 11.9 Å². The first kappa shape index (κ1) is 15.3. The van der Waals surface area contributed by atoms with Gasteiger partial charge in [-0.1, -0.05) is 24.9 Å². The van der Waals surface area contributed by atoms with Crippen LogP contribution >= 0.6 is 11.6 Å². The molecule has 1 aliphatic heterocycles. The molecule has 6 heteroatoms. The lowest BCUT2D eigenvalue weighted by atomic mass is 9.99. The van der Waals surface area contributed by atoms with Crippen molar-refractivity contribution in [2.45, 2.75) is 58.2 Å². The monoisotopic (exact) mass is 298 g/mol. The zero-order chi connectivity index (χ0) is 14.7. The summed E-state index contributed by atoms with van der Waals surface area (Å²) in [6.07, 6.45) is 5.49. The standard InChI is InChI=1S/C14H23ClN4O/c1-3-4-6-19-14(20)13(15)12(9-17-19)18-7-5-11(16)8-10(18)2/h9-11H,3-8,16H2,1-2H3. The minimum Gasteiger partial charge on any atom is -0.366 e. The number of aromatic nitrogens is 2. The molecule has 1 aromatic rings. The molecule has 2 atom stereocenters. The summed E-state index contributed by atoms with van der Waals surface area (Å²) in [5.41, 5.74) is 6.52. The van der Waals surface area contributed by atoms with Gasteiger partial charge in [-0.05, 0) is 26.2 Å². The third kappa shape index (κ3) is 3.15. The molecule has 5 nitrogen and oxygen atoms in total. The minimum absolute atomic E-state index is 0.195. The predicted molar refractivity (Wildman–Crippen MR) is 82.4 cm³/mol. The number of rotatable bonds is 4. The highest BCUT2D eigenvalue weighted by Gasteiger charge is 2.26. The predicted octanol–water partition coefficient (Wildman–Crippen LogP) is 2.01. The molecule has 2 heterocycles. The van der Waals surface area contributed by atoms with Crippen LogP contribution in [0.1, 0.15) is 39.5 Å². The van der Waals surface area contributed by atoms with E-state index in [1.165, 1.54) is 4.68 Å². The van der Waals surface area contributed by atoms with Crippen molar-refractivity contribution in [2.24, 2.45) is 5.73 Å². The second-order valence-corrected chi connectivity index (χ2v) is 5.93. The summed E-state index contributed by atoms with van der Waals surface area (Å²) in [4.78, 5) is 14.4. The van der Waals surface area contributed by atoms with E-state index in [0.29, 0.717) is 6.54 Å². The Hall–Kier alpha value is -1.07. The van der Waals surface area contributed by atoms with Gasteiger partial charge in [0.2, 0.25) is 0 Å². The Labute approximate surface area is 124 Å². The van der Waals surface area contributed by atoms with Crippen molar-refractivity contribution in [3.05, 3.63) is 21.6 Å². The lowest BCUT2D eigenvalue weighted by Crippen LogP contribution is -2.46. The van der Waals surface area contributed by atoms with Crippen LogP contribution in [0.15, 0.2) is 11.0 Å². The Bertz CT molecular complexity index is 516. The highest BCUT2D eigenvalue weighted by molar-refractivity contribution is 6.33. The number of unbranched alkanes of at least 4 members (excludes halogenated alkanes) is 1. The van der Waals surface area contributed by atoms with Gasteiger partial charge in [-0.2, -0.15) is 5.10 Å². The Morgan fingerprint density at radius 2 is 2.30 bits per heavy atom. The van der Waals surface area contributed by atoms with E-state index in [1.54, 1.807) is 6.20 Å². The van der Waals surface area contributed by atoms with Crippen LogP contribution in [0.3, 0.4) is 0 Å². The van der Waals surface area contributed by atoms with Crippen LogP contribution < -0.4 is 16.2 Å². The zero-order valence-electron chi connectivity index (χ0n) is 12.2. The van der Waals surface area contributed by atoms with Crippen molar-refractivity contribution < 1.29 is 0 Å². The topological polar surface area (TPSA) is 64.2 Å². The highest BCUT2D eigenvalue weighted by Crippen LogP contribution is 2.27. The van der Waals surface area contributed by atoms with Gasteiger partial charge < -0.3 is 10.6 Å². The minimum atomic E-state index is -0.195. The number of hydrogen-bond acceptors (Lipinski definition) is 4. The van der Waals surface area contributed by atoms with Crippen LogP contribution in [0.5, 0.6) is 0 Å². The smallest absolute Gasteiger partial charge is 0.287 e. The average molecular weight is 299 g/mol. The molecule has 0 aromatic carbocycles. The molecule has 0 amide bonds. The van der Waals surface area contributed by atoms with E-state index in [2.05, 4.69) is 23.8 Å². The Morgan fingerprint density at radius 3 is 2.95 bits per heavy atom. The van der Waals surface area contributed by atoms with Crippen molar-refractivity contribution in [3.63, 3.8) is 0 Å². The molecule has 1 aliphatic rings. The molecule has 0 bridgehead atoms. The number of aryl methyl sites for hydroxylation is 1. The number of nitrogens with two attached hydrogens (primary N) is 1. The molecular weight excluding hydrogens is 276 g/mol. The van der Waals surface area contributed by atoms with E-state index >= 15 is 0 Å². The molecule has 112 valence electrons. The highest BCUT2D eigenvalue weighted by atomic mass is 35.5. The maximum Gasteiger partial charge on any atom is 0.287 e. The normalized spacial score (nSPS) is 23.1. The van der Waals surface area contributed by atoms with Crippen LogP contribution in [0, 0.1) is 0 Å². The number of anilines is 1. The number of hydrogen-bond donors (Lipinski definition) is 1. The molecule has 0 spiro atoms. The first-order valence-electron chi connectivity index (χ1n) is 7.32. The molecule has 1 aromatic heterocycles. The van der Waals surface area contributed by atoms with E-state index in [-0.39, 0.29) is 22.7 Å². The summed E-state index contributed by atoms with van der Waals surface area (Å²) in [7, 11) is 0. The first-order chi connectivity index (χ1) is 9.54. The number of piperidine rings is 1. The fraction of sp³-hybridized carbons (Fsp3) is 0.714. The fourth-order valence-electron chi connectivity index (χ4n) is 2.69. The van der Waals surface area contributed by atoms with Crippen LogP contribution in [0.25, 0.3) is 0 Å². The summed E-state index contributed by atoms with van der Waals surface area (Å²) >= 11 is 6.27. The van der Waals surface area contributed by atoms with Gasteiger partial charge in [-0.25, -0.2) is 4.68 Å². The van der Waals surface area contributed by atoms with Crippen molar-refractivity contribution in [1.82, 2.24) is 9.78 Å². The SMILES string of the molecule is CCCCn1ncc(N2CCC(N)CC2C)c(Cl)c1=O. The van der Waals surface area contributed by atoms with Gasteiger partial charge in [-0.3, -0.25) is 4.79 Å². The molecule has 0 saturated carbocycles. The summed E-state index contributed by atoms with van der Waals surface area (Å²) in [6.45, 7) is 5.63. The zero-order valence-corrected chi connectivity index (χ0v) is 12.9. The van der Waals surface area contributed by atoms with Crippen LogP contribution in [-0.4, -0.2) is 28.4 Å².